The van der Waals surface area contributed by atoms with Crippen LogP contribution in [0.3, 0.4) is 0 Å². The number of anilines is 1. The van der Waals surface area contributed by atoms with Crippen molar-refractivity contribution in [2.24, 2.45) is 11.1 Å². The van der Waals surface area contributed by atoms with Crippen molar-refractivity contribution < 1.29 is 9.72 Å². The molecule has 2 heterocycles. The molecule has 0 radical (unpaired) electrons. The zero-order valence-corrected chi connectivity index (χ0v) is 19.5. The number of hydrogen-bond donors (Lipinski definition) is 1. The molecular formula is C22H18Cl2N4O3S. The van der Waals surface area contributed by atoms with Gasteiger partial charge in [-0.05, 0) is 36.1 Å². The van der Waals surface area contributed by atoms with Gasteiger partial charge in [0.2, 0.25) is 0 Å². The number of nitro groups is 1. The minimum Gasteiger partial charge on any atom is -0.384 e. The van der Waals surface area contributed by atoms with E-state index < -0.39 is 10.8 Å². The largest absolute Gasteiger partial charge is 0.384 e. The van der Waals surface area contributed by atoms with Gasteiger partial charge in [0.15, 0.2) is 5.78 Å². The van der Waals surface area contributed by atoms with Crippen LogP contribution < -0.4 is 10.6 Å². The molecule has 1 unspecified atom stereocenters. The van der Waals surface area contributed by atoms with E-state index in [4.69, 9.17) is 28.9 Å². The topological polar surface area (TPSA) is 113 Å². The van der Waals surface area contributed by atoms with Crippen LogP contribution in [0.4, 0.5) is 10.7 Å². The van der Waals surface area contributed by atoms with Crippen molar-refractivity contribution in [1.82, 2.24) is 0 Å². The van der Waals surface area contributed by atoms with Crippen LogP contribution in [-0.4, -0.2) is 10.7 Å². The fourth-order valence-electron chi connectivity index (χ4n) is 4.35. The van der Waals surface area contributed by atoms with Crippen LogP contribution in [0.2, 0.25) is 10.0 Å². The summed E-state index contributed by atoms with van der Waals surface area (Å²) >= 11 is 13.4. The Morgan fingerprint density at radius 3 is 2.47 bits per heavy atom. The molecular weight excluding hydrogens is 471 g/mol. The Morgan fingerprint density at radius 2 is 1.91 bits per heavy atom. The molecule has 0 spiro atoms. The Bertz CT molecular complexity index is 1250. The van der Waals surface area contributed by atoms with Crippen LogP contribution in [-0.2, 0) is 4.79 Å². The number of rotatable bonds is 3. The monoisotopic (exact) mass is 488 g/mol. The maximum atomic E-state index is 13.4. The lowest BCUT2D eigenvalue weighted by Gasteiger charge is -2.43. The first kappa shape index (κ1) is 22.3. The summed E-state index contributed by atoms with van der Waals surface area (Å²) in [4.78, 5) is 26.4. The number of hydrogen-bond acceptors (Lipinski definition) is 7. The first-order chi connectivity index (χ1) is 15.0. The summed E-state index contributed by atoms with van der Waals surface area (Å²) < 4.78 is 0. The standard InChI is InChI=1S/C22H18Cl2N4O3S/c1-22(2)8-15-20(16(29)9-22)19(17-3-4-18(32-17)28(30)31)14(10-25)21(26)27(15)13-6-11(23)5-12(24)7-13/h3-7,19H,8-9,26H2,1-2H3. The Kier molecular flexibility index (Phi) is 5.53. The highest BCUT2D eigenvalue weighted by Gasteiger charge is 2.45. The summed E-state index contributed by atoms with van der Waals surface area (Å²) in [5, 5.41) is 22.0. The molecule has 0 bridgehead atoms. The second kappa shape index (κ2) is 7.93. The molecule has 2 aromatic rings. The van der Waals surface area contributed by atoms with Gasteiger partial charge in [0.05, 0.1) is 28.2 Å². The van der Waals surface area contributed by atoms with E-state index in [1.165, 1.54) is 6.07 Å². The van der Waals surface area contributed by atoms with E-state index in [1.54, 1.807) is 29.2 Å². The summed E-state index contributed by atoms with van der Waals surface area (Å²) in [6.07, 6.45) is 0.806. The van der Waals surface area contributed by atoms with Gasteiger partial charge < -0.3 is 5.73 Å². The number of thiophene rings is 1. The predicted octanol–water partition coefficient (Wildman–Crippen LogP) is 5.90. The van der Waals surface area contributed by atoms with E-state index in [2.05, 4.69) is 6.07 Å². The number of carbonyl (C=O) groups is 1. The number of nitrogens with two attached hydrogens (primary N) is 1. The molecule has 0 saturated heterocycles. The first-order valence-corrected chi connectivity index (χ1v) is 11.3. The number of benzene rings is 1. The number of allylic oxidation sites excluding steroid dienone is 3. The molecule has 32 heavy (non-hydrogen) atoms. The lowest BCUT2D eigenvalue weighted by atomic mass is 9.69. The number of Topliss-reactive ketones (excluding diaryl/α,β-unsaturated/α-hetero) is 1. The third-order valence-corrected chi connectivity index (χ3v) is 7.10. The van der Waals surface area contributed by atoms with Crippen molar-refractivity contribution >= 4 is 51.0 Å². The molecule has 7 nitrogen and oxygen atoms in total. The summed E-state index contributed by atoms with van der Waals surface area (Å²) in [6.45, 7) is 3.98. The van der Waals surface area contributed by atoms with Crippen molar-refractivity contribution in [3.63, 3.8) is 0 Å². The Balaban J connectivity index is 2.00. The Labute approximate surface area is 198 Å². The van der Waals surface area contributed by atoms with Gasteiger partial charge in [0.25, 0.3) is 0 Å². The van der Waals surface area contributed by atoms with Gasteiger partial charge in [-0.25, -0.2) is 0 Å². The zero-order chi connectivity index (χ0) is 23.4. The summed E-state index contributed by atoms with van der Waals surface area (Å²) in [6, 6.07) is 10.0. The molecule has 2 N–H and O–H groups in total. The van der Waals surface area contributed by atoms with E-state index >= 15 is 0 Å². The van der Waals surface area contributed by atoms with Crippen molar-refractivity contribution in [3.8, 4) is 6.07 Å². The van der Waals surface area contributed by atoms with Crippen molar-refractivity contribution in [3.05, 3.63) is 78.0 Å². The molecule has 1 aliphatic heterocycles. The van der Waals surface area contributed by atoms with Crippen LogP contribution in [0.1, 0.15) is 37.5 Å². The molecule has 1 atom stereocenters. The first-order valence-electron chi connectivity index (χ1n) is 9.69. The maximum absolute atomic E-state index is 13.4. The minimum atomic E-state index is -0.761. The molecule has 2 aliphatic rings. The lowest BCUT2D eigenvalue weighted by molar-refractivity contribution is -0.380. The molecule has 1 aromatic heterocycles. The molecule has 0 fully saturated rings. The smallest absolute Gasteiger partial charge is 0.324 e. The molecule has 0 amide bonds. The molecule has 1 aromatic carbocycles. The van der Waals surface area contributed by atoms with Crippen molar-refractivity contribution in [1.29, 1.82) is 5.26 Å². The van der Waals surface area contributed by atoms with Gasteiger partial charge in [0, 0.05) is 38.7 Å². The zero-order valence-electron chi connectivity index (χ0n) is 17.2. The maximum Gasteiger partial charge on any atom is 0.324 e. The molecule has 10 heteroatoms. The average molecular weight is 489 g/mol. The minimum absolute atomic E-state index is 0.0642. The van der Waals surface area contributed by atoms with Gasteiger partial charge in [-0.15, -0.1) is 0 Å². The average Bonchev–Trinajstić information content (AvgIpc) is 3.15. The normalized spacial score (nSPS) is 20.3. The summed E-state index contributed by atoms with van der Waals surface area (Å²) in [5.74, 6) is -0.727. The summed E-state index contributed by atoms with van der Waals surface area (Å²) in [7, 11) is 0. The highest BCUT2D eigenvalue weighted by molar-refractivity contribution is 7.15. The summed E-state index contributed by atoms with van der Waals surface area (Å²) in [5.41, 5.74) is 7.97. The van der Waals surface area contributed by atoms with E-state index in [0.29, 0.717) is 44.7 Å². The van der Waals surface area contributed by atoms with Crippen LogP contribution in [0.15, 0.2) is 53.0 Å². The van der Waals surface area contributed by atoms with Crippen molar-refractivity contribution in [2.75, 3.05) is 4.90 Å². The highest BCUT2D eigenvalue weighted by Crippen LogP contribution is 2.51. The number of nitrogens with zero attached hydrogens (tertiary/aromatic N) is 3. The van der Waals surface area contributed by atoms with Crippen LogP contribution in [0, 0.1) is 26.9 Å². The molecule has 164 valence electrons. The number of ketones is 1. The Hall–Kier alpha value is -2.86. The predicted molar refractivity (Wildman–Crippen MR) is 125 cm³/mol. The van der Waals surface area contributed by atoms with E-state index in [0.717, 1.165) is 11.3 Å². The van der Waals surface area contributed by atoms with Crippen LogP contribution in [0.25, 0.3) is 0 Å². The van der Waals surface area contributed by atoms with Crippen molar-refractivity contribution in [2.45, 2.75) is 32.6 Å². The van der Waals surface area contributed by atoms with E-state index in [-0.39, 0.29) is 27.6 Å². The Morgan fingerprint density at radius 1 is 1.25 bits per heavy atom. The molecule has 0 saturated carbocycles. The second-order valence-electron chi connectivity index (χ2n) is 8.54. The fourth-order valence-corrected chi connectivity index (χ4v) is 5.81. The van der Waals surface area contributed by atoms with E-state index in [1.807, 2.05) is 13.8 Å². The number of carbonyl (C=O) groups excluding carboxylic acids is 1. The van der Waals surface area contributed by atoms with Gasteiger partial charge >= 0.3 is 5.00 Å². The molecule has 4 rings (SSSR count). The number of halogens is 2. The SMILES string of the molecule is CC1(C)CC(=O)C2=C(C1)N(c1cc(Cl)cc(Cl)c1)C(N)=C(C#N)C2c1ccc([N+](=O)[O-])s1. The molecule has 1 aliphatic carbocycles. The third-order valence-electron chi connectivity index (χ3n) is 5.56. The quantitative estimate of drug-likeness (QED) is 0.424. The van der Waals surface area contributed by atoms with E-state index in [9.17, 15) is 20.2 Å². The number of nitriles is 1. The highest BCUT2D eigenvalue weighted by atomic mass is 35.5. The fraction of sp³-hybridized carbons (Fsp3) is 0.273. The van der Waals surface area contributed by atoms with Gasteiger partial charge in [-0.2, -0.15) is 5.26 Å². The van der Waals surface area contributed by atoms with Gasteiger partial charge in [-0.1, -0.05) is 48.4 Å². The lowest BCUT2D eigenvalue weighted by Crippen LogP contribution is -2.42. The van der Waals surface area contributed by atoms with Crippen LogP contribution in [0.5, 0.6) is 0 Å². The second-order valence-corrected chi connectivity index (χ2v) is 10.5. The van der Waals surface area contributed by atoms with Crippen LogP contribution >= 0.6 is 34.5 Å². The van der Waals surface area contributed by atoms with Gasteiger partial charge in [0.1, 0.15) is 5.82 Å². The van der Waals surface area contributed by atoms with Gasteiger partial charge in [-0.3, -0.25) is 19.8 Å². The third kappa shape index (κ3) is 3.77.